The molecule has 2 aromatic rings. The van der Waals surface area contributed by atoms with Crippen LogP contribution in [-0.4, -0.2) is 34.1 Å². The number of pyridine rings is 1. The lowest BCUT2D eigenvalue weighted by atomic mass is 9.51. The van der Waals surface area contributed by atoms with Crippen molar-refractivity contribution in [1.82, 2.24) is 15.6 Å². The molecule has 0 aliphatic heterocycles. The van der Waals surface area contributed by atoms with Gasteiger partial charge in [0.25, 0.3) is 0 Å². The third kappa shape index (κ3) is 5.75. The molecule has 188 valence electrons. The van der Waals surface area contributed by atoms with Crippen LogP contribution in [0, 0.1) is 29.1 Å². The van der Waals surface area contributed by atoms with Gasteiger partial charge in [0.15, 0.2) is 0 Å². The Morgan fingerprint density at radius 2 is 1.83 bits per heavy atom. The third-order valence-electron chi connectivity index (χ3n) is 8.69. The van der Waals surface area contributed by atoms with Crippen LogP contribution in [0.4, 0.5) is 0 Å². The molecule has 6 nitrogen and oxygen atoms in total. The molecule has 0 bridgehead atoms. The van der Waals surface area contributed by atoms with Gasteiger partial charge in [0.2, 0.25) is 11.8 Å². The minimum Gasteiger partial charge on any atom is -0.392 e. The molecule has 7 atom stereocenters. The predicted molar refractivity (Wildman–Crippen MR) is 136 cm³/mol. The maximum Gasteiger partial charge on any atom is 0.224 e. The molecule has 3 N–H and O–H groups in total. The number of amides is 2. The second-order valence-corrected chi connectivity index (χ2v) is 11.0. The highest BCUT2D eigenvalue weighted by atomic mass is 16.3. The molecule has 1 aromatic carbocycles. The number of fused-ring (bicyclic) bond motifs is 1. The van der Waals surface area contributed by atoms with Crippen molar-refractivity contribution in [3.63, 3.8) is 0 Å². The first kappa shape index (κ1) is 25.4. The van der Waals surface area contributed by atoms with Crippen molar-refractivity contribution < 1.29 is 14.7 Å². The molecule has 2 amide bonds. The summed E-state index contributed by atoms with van der Waals surface area (Å²) in [7, 11) is 0. The standard InChI is InChI=1S/C29H39N3O3/c1-19(28(35)31-18-22-10-7-15-30-17-22)23-11-13-29(3)14-12-24(20(2)26(29)27(23)34)32-25(33)16-21-8-5-4-6-9-21/h4-10,15,17,19-20,23-24,26-27,34H,11-14,16,18H2,1-3H3,(H,31,35)(H,32,33)/t19-,20-,23+,24-,26+,27-,29+/m0/s1. The fourth-order valence-corrected chi connectivity index (χ4v) is 6.58. The summed E-state index contributed by atoms with van der Waals surface area (Å²) in [5.41, 5.74) is 1.99. The van der Waals surface area contributed by atoms with Gasteiger partial charge < -0.3 is 15.7 Å². The van der Waals surface area contributed by atoms with E-state index in [0.29, 0.717) is 13.0 Å². The summed E-state index contributed by atoms with van der Waals surface area (Å²) >= 11 is 0. The summed E-state index contributed by atoms with van der Waals surface area (Å²) in [6, 6.07) is 13.6. The van der Waals surface area contributed by atoms with Crippen molar-refractivity contribution in [2.75, 3.05) is 0 Å². The molecule has 1 aromatic heterocycles. The molecule has 2 aliphatic rings. The van der Waals surface area contributed by atoms with Gasteiger partial charge in [-0.25, -0.2) is 0 Å². The number of aromatic nitrogens is 1. The monoisotopic (exact) mass is 477 g/mol. The second kappa shape index (κ2) is 10.9. The highest BCUT2D eigenvalue weighted by Gasteiger charge is 2.53. The third-order valence-corrected chi connectivity index (χ3v) is 8.69. The van der Waals surface area contributed by atoms with Crippen LogP contribution in [0.3, 0.4) is 0 Å². The van der Waals surface area contributed by atoms with Gasteiger partial charge in [-0.2, -0.15) is 0 Å². The average molecular weight is 478 g/mol. The zero-order chi connectivity index (χ0) is 25.0. The van der Waals surface area contributed by atoms with Crippen molar-refractivity contribution in [3.05, 3.63) is 66.0 Å². The van der Waals surface area contributed by atoms with E-state index in [4.69, 9.17) is 0 Å². The van der Waals surface area contributed by atoms with Crippen molar-refractivity contribution >= 4 is 11.8 Å². The van der Waals surface area contributed by atoms with Crippen LogP contribution >= 0.6 is 0 Å². The minimum atomic E-state index is -0.572. The molecule has 0 unspecified atom stereocenters. The van der Waals surface area contributed by atoms with Gasteiger partial charge in [-0.15, -0.1) is 0 Å². The number of carbonyl (C=O) groups excluding carboxylic acids is 2. The van der Waals surface area contributed by atoms with E-state index in [-0.39, 0.29) is 46.9 Å². The number of aliphatic hydroxyl groups is 1. The zero-order valence-electron chi connectivity index (χ0n) is 21.1. The number of aliphatic hydroxyl groups excluding tert-OH is 1. The summed E-state index contributed by atoms with van der Waals surface area (Å²) in [5, 5.41) is 17.9. The molecule has 1 heterocycles. The van der Waals surface area contributed by atoms with Gasteiger partial charge in [0, 0.05) is 30.9 Å². The van der Waals surface area contributed by atoms with E-state index < -0.39 is 6.10 Å². The topological polar surface area (TPSA) is 91.3 Å². The lowest BCUT2D eigenvalue weighted by molar-refractivity contribution is -0.143. The number of nitrogens with zero attached hydrogens (tertiary/aromatic N) is 1. The molecule has 0 saturated heterocycles. The first-order chi connectivity index (χ1) is 16.8. The van der Waals surface area contributed by atoms with Crippen LogP contribution in [0.2, 0.25) is 0 Å². The number of hydrogen-bond acceptors (Lipinski definition) is 4. The van der Waals surface area contributed by atoms with Gasteiger partial charge >= 0.3 is 0 Å². The molecule has 2 saturated carbocycles. The largest absolute Gasteiger partial charge is 0.392 e. The number of nitrogens with one attached hydrogen (secondary N) is 2. The Labute approximate surface area is 208 Å². The summed E-state index contributed by atoms with van der Waals surface area (Å²) in [6.07, 6.45) is 7.00. The SMILES string of the molecule is C[C@@H]1[C@@H]2[C@@H](O)[C@@H]([C@H](C)C(=O)NCc3cccnc3)CC[C@]2(C)CC[C@@H]1NC(=O)Cc1ccccc1. The Bertz CT molecular complexity index is 999. The Morgan fingerprint density at radius 3 is 2.54 bits per heavy atom. The van der Waals surface area contributed by atoms with Gasteiger partial charge in [-0.3, -0.25) is 14.6 Å². The maximum atomic E-state index is 13.0. The Balaban J connectivity index is 1.39. The molecule has 0 radical (unpaired) electrons. The van der Waals surface area contributed by atoms with Crippen molar-refractivity contribution in [3.8, 4) is 0 Å². The lowest BCUT2D eigenvalue weighted by Gasteiger charge is -2.56. The van der Waals surface area contributed by atoms with E-state index in [1.165, 1.54) is 0 Å². The van der Waals surface area contributed by atoms with Crippen LogP contribution in [0.1, 0.15) is 57.6 Å². The minimum absolute atomic E-state index is 0.0293. The summed E-state index contributed by atoms with van der Waals surface area (Å²) in [4.78, 5) is 29.8. The summed E-state index contributed by atoms with van der Waals surface area (Å²) < 4.78 is 0. The normalized spacial score (nSPS) is 31.1. The van der Waals surface area contributed by atoms with Gasteiger partial charge in [-0.05, 0) is 66.0 Å². The second-order valence-electron chi connectivity index (χ2n) is 11.0. The Hall–Kier alpha value is -2.73. The van der Waals surface area contributed by atoms with E-state index in [9.17, 15) is 14.7 Å². The number of carbonyl (C=O) groups is 2. The number of benzene rings is 1. The highest BCUT2D eigenvalue weighted by molar-refractivity contribution is 5.79. The van der Waals surface area contributed by atoms with Crippen LogP contribution in [0.15, 0.2) is 54.9 Å². The van der Waals surface area contributed by atoms with E-state index in [1.807, 2.05) is 49.4 Å². The molecule has 4 rings (SSSR count). The van der Waals surface area contributed by atoms with Crippen LogP contribution < -0.4 is 10.6 Å². The molecule has 35 heavy (non-hydrogen) atoms. The van der Waals surface area contributed by atoms with Crippen molar-refractivity contribution in [2.45, 2.75) is 71.6 Å². The first-order valence-corrected chi connectivity index (χ1v) is 13.0. The van der Waals surface area contributed by atoms with Gasteiger partial charge in [0.05, 0.1) is 12.5 Å². The van der Waals surface area contributed by atoms with E-state index >= 15 is 0 Å². The molecular weight excluding hydrogens is 438 g/mol. The van der Waals surface area contributed by atoms with E-state index in [0.717, 1.165) is 36.8 Å². The van der Waals surface area contributed by atoms with Crippen LogP contribution in [0.25, 0.3) is 0 Å². The highest BCUT2D eigenvalue weighted by Crippen LogP contribution is 2.55. The average Bonchev–Trinajstić information content (AvgIpc) is 2.85. The van der Waals surface area contributed by atoms with Gasteiger partial charge in [-0.1, -0.05) is 57.2 Å². The number of hydrogen-bond donors (Lipinski definition) is 3. The number of rotatable bonds is 7. The Kier molecular flexibility index (Phi) is 7.90. The quantitative estimate of drug-likeness (QED) is 0.564. The molecule has 0 spiro atoms. The predicted octanol–water partition coefficient (Wildman–Crippen LogP) is 3.88. The van der Waals surface area contributed by atoms with E-state index in [1.54, 1.807) is 12.4 Å². The first-order valence-electron chi connectivity index (χ1n) is 13.0. The lowest BCUT2D eigenvalue weighted by Crippen LogP contribution is -2.58. The van der Waals surface area contributed by atoms with Gasteiger partial charge in [0.1, 0.15) is 0 Å². The van der Waals surface area contributed by atoms with Crippen molar-refractivity contribution in [2.24, 2.45) is 29.1 Å². The molecule has 2 aliphatic carbocycles. The maximum absolute atomic E-state index is 13.0. The van der Waals surface area contributed by atoms with Crippen LogP contribution in [0.5, 0.6) is 0 Å². The molecular formula is C29H39N3O3. The molecule has 2 fully saturated rings. The molecule has 6 heteroatoms. The smallest absolute Gasteiger partial charge is 0.224 e. The fraction of sp³-hybridized carbons (Fsp3) is 0.552. The summed E-state index contributed by atoms with van der Waals surface area (Å²) in [5.74, 6) is -0.198. The van der Waals surface area contributed by atoms with Crippen LogP contribution in [-0.2, 0) is 22.6 Å². The summed E-state index contributed by atoms with van der Waals surface area (Å²) in [6.45, 7) is 6.81. The fourth-order valence-electron chi connectivity index (χ4n) is 6.58. The van der Waals surface area contributed by atoms with E-state index in [2.05, 4.69) is 29.5 Å². The Morgan fingerprint density at radius 1 is 1.11 bits per heavy atom. The zero-order valence-corrected chi connectivity index (χ0v) is 21.1. The van der Waals surface area contributed by atoms with Crippen molar-refractivity contribution in [1.29, 1.82) is 0 Å².